The van der Waals surface area contributed by atoms with Crippen molar-refractivity contribution in [2.45, 2.75) is 63.0 Å². The lowest BCUT2D eigenvalue weighted by atomic mass is 9.93. The molecule has 3 aliphatic rings. The third kappa shape index (κ3) is 3.86. The van der Waals surface area contributed by atoms with Crippen molar-refractivity contribution in [1.82, 2.24) is 20.5 Å². The molecule has 0 aromatic carbocycles. The predicted octanol–water partition coefficient (Wildman–Crippen LogP) is 3.04. The average molecular weight is 380 g/mol. The Hall–Kier alpha value is -2.32. The van der Waals surface area contributed by atoms with Crippen LogP contribution in [0.4, 0.5) is 13.2 Å². The number of nitrogens with zero attached hydrogens (tertiary/aromatic N) is 4. The summed E-state index contributed by atoms with van der Waals surface area (Å²) in [6.07, 6.45) is 1.40. The summed E-state index contributed by atoms with van der Waals surface area (Å²) < 4.78 is 39.2. The van der Waals surface area contributed by atoms with Gasteiger partial charge < -0.3 is 10.2 Å². The molecule has 1 aromatic rings. The van der Waals surface area contributed by atoms with Gasteiger partial charge in [0.25, 0.3) is 0 Å². The summed E-state index contributed by atoms with van der Waals surface area (Å²) in [7, 11) is 1.78. The normalized spacial score (nSPS) is 25.5. The van der Waals surface area contributed by atoms with E-state index in [-0.39, 0.29) is 11.7 Å². The van der Waals surface area contributed by atoms with Crippen LogP contribution in [0.1, 0.15) is 56.1 Å². The van der Waals surface area contributed by atoms with Gasteiger partial charge in [0.05, 0.1) is 11.7 Å². The van der Waals surface area contributed by atoms with Crippen molar-refractivity contribution in [1.29, 1.82) is 0 Å². The van der Waals surface area contributed by atoms with Gasteiger partial charge >= 0.3 is 6.18 Å². The summed E-state index contributed by atoms with van der Waals surface area (Å²) >= 11 is 0. The summed E-state index contributed by atoms with van der Waals surface area (Å²) in [5.41, 5.74) is -0.656. The zero-order valence-electron chi connectivity index (χ0n) is 15.1. The maximum Gasteiger partial charge on any atom is 0.433 e. The molecule has 0 spiro atoms. The summed E-state index contributed by atoms with van der Waals surface area (Å²) in [5, 5.41) is 6.55. The molecule has 2 aliphatic carbocycles. The molecule has 1 aliphatic heterocycles. The summed E-state index contributed by atoms with van der Waals surface area (Å²) in [6.45, 7) is 0. The molecule has 146 valence electrons. The second-order valence-corrected chi connectivity index (χ2v) is 7.34. The van der Waals surface area contributed by atoms with Gasteiger partial charge in [-0.05, 0) is 50.7 Å². The number of pyridine rings is 1. The molecule has 1 atom stereocenters. The third-order valence-corrected chi connectivity index (χ3v) is 5.33. The van der Waals surface area contributed by atoms with Crippen LogP contribution in [0.15, 0.2) is 28.2 Å². The molecule has 2 heterocycles. The highest BCUT2D eigenvalue weighted by Gasteiger charge is 2.35. The van der Waals surface area contributed by atoms with Crippen LogP contribution in [0.25, 0.3) is 0 Å². The van der Waals surface area contributed by atoms with E-state index in [1.165, 1.54) is 12.5 Å². The zero-order valence-corrected chi connectivity index (χ0v) is 15.1. The Balaban J connectivity index is 1.65. The van der Waals surface area contributed by atoms with E-state index in [1.54, 1.807) is 18.0 Å². The fourth-order valence-corrected chi connectivity index (χ4v) is 3.20. The number of guanidine groups is 2. The van der Waals surface area contributed by atoms with E-state index in [1.807, 2.05) is 0 Å². The minimum absolute atomic E-state index is 0.253. The van der Waals surface area contributed by atoms with Gasteiger partial charge in [0.2, 0.25) is 11.9 Å². The number of nitrogens with one attached hydrogen (secondary N) is 2. The molecular formula is C18H23F3N6. The SMILES string of the molecule is CN1C(=NC2CCC2)NC(NC2CCC2)=NC1c1cccc(C(F)(F)F)n1. The highest BCUT2D eigenvalue weighted by Crippen LogP contribution is 2.31. The van der Waals surface area contributed by atoms with E-state index in [9.17, 15) is 13.2 Å². The van der Waals surface area contributed by atoms with Gasteiger partial charge in [0.15, 0.2) is 6.17 Å². The fraction of sp³-hybridized carbons (Fsp3) is 0.611. The molecule has 1 aromatic heterocycles. The van der Waals surface area contributed by atoms with Gasteiger partial charge in [0, 0.05) is 13.1 Å². The van der Waals surface area contributed by atoms with Crippen LogP contribution < -0.4 is 10.6 Å². The average Bonchev–Trinajstić information content (AvgIpc) is 2.55. The lowest BCUT2D eigenvalue weighted by Crippen LogP contribution is -2.56. The van der Waals surface area contributed by atoms with E-state index >= 15 is 0 Å². The van der Waals surface area contributed by atoms with Gasteiger partial charge in [0.1, 0.15) is 5.69 Å². The van der Waals surface area contributed by atoms with E-state index in [0.717, 1.165) is 38.2 Å². The van der Waals surface area contributed by atoms with Crippen molar-refractivity contribution in [3.05, 3.63) is 29.6 Å². The number of hydrogen-bond acceptors (Lipinski definition) is 4. The number of rotatable bonds is 3. The van der Waals surface area contributed by atoms with Gasteiger partial charge in [-0.25, -0.2) is 15.0 Å². The quantitative estimate of drug-likeness (QED) is 0.846. The molecule has 0 amide bonds. The predicted molar refractivity (Wildman–Crippen MR) is 96.2 cm³/mol. The second kappa shape index (κ2) is 7.01. The van der Waals surface area contributed by atoms with Crippen LogP contribution in [-0.2, 0) is 6.18 Å². The molecule has 2 saturated carbocycles. The third-order valence-electron chi connectivity index (χ3n) is 5.33. The molecule has 9 heteroatoms. The van der Waals surface area contributed by atoms with E-state index < -0.39 is 18.0 Å². The van der Waals surface area contributed by atoms with Gasteiger partial charge in [-0.1, -0.05) is 6.07 Å². The van der Waals surface area contributed by atoms with Crippen LogP contribution in [-0.4, -0.2) is 40.9 Å². The number of hydrogen-bond donors (Lipinski definition) is 2. The molecule has 4 rings (SSSR count). The first-order valence-corrected chi connectivity index (χ1v) is 9.36. The largest absolute Gasteiger partial charge is 0.433 e. The lowest BCUT2D eigenvalue weighted by molar-refractivity contribution is -0.141. The molecule has 6 nitrogen and oxygen atoms in total. The fourth-order valence-electron chi connectivity index (χ4n) is 3.20. The Morgan fingerprint density at radius 3 is 2.52 bits per heavy atom. The number of aromatic nitrogens is 1. The van der Waals surface area contributed by atoms with Crippen molar-refractivity contribution in [2.24, 2.45) is 9.98 Å². The van der Waals surface area contributed by atoms with Crippen molar-refractivity contribution >= 4 is 11.9 Å². The van der Waals surface area contributed by atoms with E-state index in [2.05, 4.69) is 20.6 Å². The molecule has 1 unspecified atom stereocenters. The van der Waals surface area contributed by atoms with Gasteiger partial charge in [-0.15, -0.1) is 0 Å². The summed E-state index contributed by atoms with van der Waals surface area (Å²) in [6, 6.07) is 4.53. The zero-order chi connectivity index (χ0) is 19.0. The minimum Gasteiger partial charge on any atom is -0.353 e. The first kappa shape index (κ1) is 18.1. The molecule has 27 heavy (non-hydrogen) atoms. The maximum atomic E-state index is 13.1. The Labute approximate surface area is 156 Å². The van der Waals surface area contributed by atoms with Crippen LogP contribution in [0.2, 0.25) is 0 Å². The lowest BCUT2D eigenvalue weighted by Gasteiger charge is -2.37. The highest BCUT2D eigenvalue weighted by molar-refractivity contribution is 6.00. The van der Waals surface area contributed by atoms with Crippen LogP contribution in [0, 0.1) is 0 Å². The molecule has 0 radical (unpaired) electrons. The number of alkyl halides is 3. The minimum atomic E-state index is -4.49. The standard InChI is InChI=1S/C18H23F3N6/c1-27-15(13-9-4-10-14(24-13)18(19,20)21)25-16(22-11-5-2-6-11)26-17(27)23-12-7-3-8-12/h4,9-12,15H,2-3,5-8H2,1H3,(H2,22,23,25,26). The second-order valence-electron chi connectivity index (χ2n) is 7.34. The van der Waals surface area contributed by atoms with Crippen LogP contribution in [0.3, 0.4) is 0 Å². The number of halogens is 3. The maximum absolute atomic E-state index is 13.1. The van der Waals surface area contributed by atoms with Crippen molar-refractivity contribution in [3.8, 4) is 0 Å². The van der Waals surface area contributed by atoms with Crippen molar-refractivity contribution in [3.63, 3.8) is 0 Å². The van der Waals surface area contributed by atoms with E-state index in [0.29, 0.717) is 18.0 Å². The first-order chi connectivity index (χ1) is 12.9. The Morgan fingerprint density at radius 2 is 1.93 bits per heavy atom. The molecular weight excluding hydrogens is 357 g/mol. The monoisotopic (exact) mass is 380 g/mol. The Morgan fingerprint density at radius 1 is 1.19 bits per heavy atom. The van der Waals surface area contributed by atoms with E-state index in [4.69, 9.17) is 4.99 Å². The van der Waals surface area contributed by atoms with Crippen molar-refractivity contribution < 1.29 is 13.2 Å². The summed E-state index contributed by atoms with van der Waals surface area (Å²) in [4.78, 5) is 14.9. The smallest absolute Gasteiger partial charge is 0.353 e. The molecule has 2 N–H and O–H groups in total. The Kier molecular flexibility index (Phi) is 4.69. The van der Waals surface area contributed by atoms with Gasteiger partial charge in [-0.2, -0.15) is 13.2 Å². The molecule has 2 fully saturated rings. The van der Waals surface area contributed by atoms with Crippen molar-refractivity contribution in [2.75, 3.05) is 7.05 Å². The topological polar surface area (TPSA) is 64.9 Å². The van der Waals surface area contributed by atoms with Crippen LogP contribution in [0.5, 0.6) is 0 Å². The molecule has 0 bridgehead atoms. The van der Waals surface area contributed by atoms with Crippen LogP contribution >= 0.6 is 0 Å². The molecule has 0 saturated heterocycles. The number of aliphatic imine (C=N–C) groups is 2. The Bertz CT molecular complexity index is 752. The first-order valence-electron chi connectivity index (χ1n) is 9.36. The van der Waals surface area contributed by atoms with Gasteiger partial charge in [-0.3, -0.25) is 5.32 Å². The highest BCUT2D eigenvalue weighted by atomic mass is 19.4. The summed E-state index contributed by atoms with van der Waals surface area (Å²) in [5.74, 6) is 1.18.